The summed E-state index contributed by atoms with van der Waals surface area (Å²) >= 11 is 0. The van der Waals surface area contributed by atoms with Crippen molar-refractivity contribution in [3.63, 3.8) is 0 Å². The number of unbranched alkanes of at least 4 members (excludes halogenated alkanes) is 31. The first-order chi connectivity index (χ1) is 43.8. The molecule has 0 fully saturated rings. The first-order valence-electron chi connectivity index (χ1n) is 36.7. The van der Waals surface area contributed by atoms with Crippen molar-refractivity contribution >= 4 is 39.5 Å². The minimum atomic E-state index is -4.96. The third-order valence-corrected chi connectivity index (χ3v) is 18.6. The molecule has 0 aliphatic carbocycles. The molecule has 0 saturated carbocycles. The maximum atomic E-state index is 13.0. The van der Waals surface area contributed by atoms with Crippen LogP contribution in [0.25, 0.3) is 0 Å². The van der Waals surface area contributed by atoms with Gasteiger partial charge in [-0.2, -0.15) is 0 Å². The number of aliphatic hydroxyl groups excluding tert-OH is 1. The molecule has 0 radical (unpaired) electrons. The number of carbonyl (C=O) groups is 4. The fourth-order valence-electron chi connectivity index (χ4n) is 10.3. The Hall–Kier alpha value is -2.46. The van der Waals surface area contributed by atoms with E-state index >= 15 is 0 Å². The molecule has 17 nitrogen and oxygen atoms in total. The number of hydrogen-bond acceptors (Lipinski definition) is 15. The van der Waals surface area contributed by atoms with E-state index in [0.717, 1.165) is 133 Å². The molecule has 0 saturated heterocycles. The van der Waals surface area contributed by atoms with E-state index in [2.05, 4.69) is 72.8 Å². The summed E-state index contributed by atoms with van der Waals surface area (Å²) in [6.07, 6.45) is 49.3. The van der Waals surface area contributed by atoms with Gasteiger partial charge in [0.2, 0.25) is 0 Å². The first-order valence-corrected chi connectivity index (χ1v) is 39.7. The fourth-order valence-corrected chi connectivity index (χ4v) is 11.9. The highest BCUT2D eigenvalue weighted by Crippen LogP contribution is 2.45. The van der Waals surface area contributed by atoms with Crippen LogP contribution >= 0.6 is 15.6 Å². The van der Waals surface area contributed by atoms with Crippen LogP contribution < -0.4 is 0 Å². The summed E-state index contributed by atoms with van der Waals surface area (Å²) in [7, 11) is -9.92. The number of ether oxygens (including phenoxy) is 4. The molecule has 7 atom stereocenters. The largest absolute Gasteiger partial charge is 0.472 e. The monoisotopic (exact) mass is 1330 g/mol. The molecule has 536 valence electrons. The van der Waals surface area contributed by atoms with Crippen molar-refractivity contribution in [2.24, 2.45) is 17.8 Å². The first kappa shape index (κ1) is 88.5. The Balaban J connectivity index is 5.29. The van der Waals surface area contributed by atoms with E-state index in [-0.39, 0.29) is 25.7 Å². The van der Waals surface area contributed by atoms with Gasteiger partial charge in [-0.3, -0.25) is 37.3 Å². The van der Waals surface area contributed by atoms with Crippen LogP contribution in [0.2, 0.25) is 0 Å². The number of allylic oxidation sites excluding steroid dienone is 4. The summed E-state index contributed by atoms with van der Waals surface area (Å²) in [6.45, 7) is 11.7. The van der Waals surface area contributed by atoms with Crippen molar-refractivity contribution in [3.8, 4) is 0 Å². The van der Waals surface area contributed by atoms with Gasteiger partial charge in [0.1, 0.15) is 19.3 Å². The van der Waals surface area contributed by atoms with Crippen molar-refractivity contribution < 1.29 is 80.2 Å². The zero-order valence-corrected chi connectivity index (χ0v) is 60.6. The summed E-state index contributed by atoms with van der Waals surface area (Å²) in [5.74, 6) is 0.103. The standard InChI is InChI=1S/C72H136O17P2/c1-8-11-12-13-14-15-16-17-18-19-22-25-31-39-46-53-69(74)82-59-67(89-72(77)56-49-42-33-28-27-30-37-44-51-64(6)9-2)61-86-90(78,79)84-57-66(73)58-85-91(80,81)87-62-68(60-83-70(75)54-47-40-35-34-38-45-52-65(7)10-3)88-71(76)55-48-41-32-26-23-20-21-24-29-36-43-50-63(4)5/h15-18,63-68,73H,8-14,19-62H2,1-7H3,(H,78,79)(H,80,81)/b16-15-,18-17-/t64?,65?,66-,67-,68-/m1/s1. The molecule has 0 amide bonds. The van der Waals surface area contributed by atoms with Gasteiger partial charge in [-0.1, -0.05) is 285 Å². The summed E-state index contributed by atoms with van der Waals surface area (Å²) in [5.41, 5.74) is 0. The van der Waals surface area contributed by atoms with Crippen molar-refractivity contribution in [2.45, 2.75) is 356 Å². The summed E-state index contributed by atoms with van der Waals surface area (Å²) in [6, 6.07) is 0. The average molecular weight is 1340 g/mol. The molecule has 91 heavy (non-hydrogen) atoms. The number of phosphoric ester groups is 2. The quantitative estimate of drug-likeness (QED) is 0.0169. The molecular formula is C72H136O17P2. The minimum absolute atomic E-state index is 0.0976. The lowest BCUT2D eigenvalue weighted by Gasteiger charge is -2.21. The third-order valence-electron chi connectivity index (χ3n) is 16.7. The van der Waals surface area contributed by atoms with Crippen LogP contribution in [0.1, 0.15) is 337 Å². The van der Waals surface area contributed by atoms with E-state index in [0.29, 0.717) is 25.7 Å². The molecule has 0 heterocycles. The Morgan fingerprint density at radius 3 is 0.978 bits per heavy atom. The predicted molar refractivity (Wildman–Crippen MR) is 367 cm³/mol. The van der Waals surface area contributed by atoms with Crippen molar-refractivity contribution in [2.75, 3.05) is 39.6 Å². The Labute approximate surface area is 554 Å². The van der Waals surface area contributed by atoms with Crippen LogP contribution in [-0.2, 0) is 65.4 Å². The van der Waals surface area contributed by atoms with Gasteiger partial charge >= 0.3 is 39.5 Å². The predicted octanol–water partition coefficient (Wildman–Crippen LogP) is 20.2. The lowest BCUT2D eigenvalue weighted by molar-refractivity contribution is -0.161. The Bertz CT molecular complexity index is 1880. The normalized spacial score (nSPS) is 14.9. The Morgan fingerprint density at radius 1 is 0.363 bits per heavy atom. The molecule has 3 N–H and O–H groups in total. The second kappa shape index (κ2) is 62.4. The van der Waals surface area contributed by atoms with E-state index in [1.54, 1.807) is 0 Å². The zero-order valence-electron chi connectivity index (χ0n) is 58.8. The molecule has 0 aromatic rings. The van der Waals surface area contributed by atoms with Crippen molar-refractivity contribution in [1.82, 2.24) is 0 Å². The highest BCUT2D eigenvalue weighted by molar-refractivity contribution is 7.47. The SMILES string of the molecule is CCCCCC/C=C\C=C/CCCCCCCC(=O)OC[C@H](COP(=O)(O)OC[C@@H](O)COP(=O)(O)OC[C@@H](COC(=O)CCCCCCCCC(C)CC)OC(=O)CCCCCCCCCCCCCC(C)C)OC(=O)CCCCCCCCCCC(C)CC. The van der Waals surface area contributed by atoms with Gasteiger partial charge < -0.3 is 33.8 Å². The lowest BCUT2D eigenvalue weighted by atomic mass is 9.99. The maximum absolute atomic E-state index is 13.0. The van der Waals surface area contributed by atoms with Gasteiger partial charge in [0.05, 0.1) is 26.4 Å². The van der Waals surface area contributed by atoms with Crippen molar-refractivity contribution in [1.29, 1.82) is 0 Å². The van der Waals surface area contributed by atoms with Crippen LogP contribution in [0, 0.1) is 17.8 Å². The topological polar surface area (TPSA) is 237 Å². The van der Waals surface area contributed by atoms with Crippen molar-refractivity contribution in [3.05, 3.63) is 24.3 Å². The second-order valence-electron chi connectivity index (χ2n) is 26.3. The summed E-state index contributed by atoms with van der Waals surface area (Å²) in [5, 5.41) is 10.6. The molecule has 0 aliphatic rings. The fraction of sp³-hybridized carbons (Fsp3) is 0.889. The van der Waals surface area contributed by atoms with Gasteiger partial charge in [-0.15, -0.1) is 0 Å². The van der Waals surface area contributed by atoms with Crippen LogP contribution in [-0.4, -0.2) is 96.7 Å². The number of esters is 4. The van der Waals surface area contributed by atoms with Crippen LogP contribution in [0.5, 0.6) is 0 Å². The molecule has 0 spiro atoms. The van der Waals surface area contributed by atoms with Gasteiger partial charge in [-0.05, 0) is 69.1 Å². The Morgan fingerprint density at radius 2 is 0.648 bits per heavy atom. The number of rotatable bonds is 68. The van der Waals surface area contributed by atoms with Crippen LogP contribution in [0.3, 0.4) is 0 Å². The van der Waals surface area contributed by atoms with Gasteiger partial charge in [0, 0.05) is 25.7 Å². The second-order valence-corrected chi connectivity index (χ2v) is 29.2. The van der Waals surface area contributed by atoms with Gasteiger partial charge in [0.25, 0.3) is 0 Å². The molecule has 0 aromatic heterocycles. The molecule has 0 aromatic carbocycles. The maximum Gasteiger partial charge on any atom is 0.472 e. The summed E-state index contributed by atoms with van der Waals surface area (Å²) < 4.78 is 68.3. The number of carbonyl (C=O) groups excluding carboxylic acids is 4. The average Bonchev–Trinajstić information content (AvgIpc) is 3.53. The van der Waals surface area contributed by atoms with E-state index in [9.17, 15) is 43.2 Å². The highest BCUT2D eigenvalue weighted by Gasteiger charge is 2.30. The van der Waals surface area contributed by atoms with E-state index < -0.39 is 97.5 Å². The van der Waals surface area contributed by atoms with Gasteiger partial charge in [0.15, 0.2) is 12.2 Å². The molecule has 0 rings (SSSR count). The number of hydrogen-bond donors (Lipinski definition) is 3. The number of aliphatic hydroxyl groups is 1. The van der Waals surface area contributed by atoms with E-state index in [4.69, 9.17) is 37.0 Å². The smallest absolute Gasteiger partial charge is 0.462 e. The Kier molecular flexibility index (Phi) is 60.7. The lowest BCUT2D eigenvalue weighted by Crippen LogP contribution is -2.30. The highest BCUT2D eigenvalue weighted by atomic mass is 31.2. The van der Waals surface area contributed by atoms with E-state index in [1.807, 2.05) is 0 Å². The minimum Gasteiger partial charge on any atom is -0.462 e. The molecule has 0 bridgehead atoms. The van der Waals surface area contributed by atoms with Crippen LogP contribution in [0.15, 0.2) is 24.3 Å². The molecule has 19 heteroatoms. The van der Waals surface area contributed by atoms with Crippen LogP contribution in [0.4, 0.5) is 0 Å². The molecule has 4 unspecified atom stereocenters. The third kappa shape index (κ3) is 63.4. The van der Waals surface area contributed by atoms with Gasteiger partial charge in [-0.25, -0.2) is 9.13 Å². The molecule has 0 aliphatic heterocycles. The molecular weight excluding hydrogens is 1200 g/mol. The van der Waals surface area contributed by atoms with E-state index in [1.165, 1.54) is 122 Å². The summed E-state index contributed by atoms with van der Waals surface area (Å²) in [4.78, 5) is 72.6. The zero-order chi connectivity index (χ0) is 67.3. The number of phosphoric acid groups is 2.